The highest BCUT2D eigenvalue weighted by Crippen LogP contribution is 2.24. The lowest BCUT2D eigenvalue weighted by Gasteiger charge is -2.35. The van der Waals surface area contributed by atoms with Gasteiger partial charge in [0.15, 0.2) is 0 Å². The quantitative estimate of drug-likeness (QED) is 0.833. The van der Waals surface area contributed by atoms with Gasteiger partial charge in [-0.15, -0.1) is 0 Å². The molecule has 0 amide bonds. The molecule has 2 rings (SSSR count). The number of piperidine rings is 1. The summed E-state index contributed by atoms with van der Waals surface area (Å²) in [6.07, 6.45) is 1.68. The molecule has 0 spiro atoms. The average Bonchev–Trinajstić information content (AvgIpc) is 2.85. The highest BCUT2D eigenvalue weighted by Gasteiger charge is 2.29. The predicted octanol–water partition coefficient (Wildman–Crippen LogP) is 1.10. The second kappa shape index (κ2) is 5.72. The van der Waals surface area contributed by atoms with E-state index in [1.54, 1.807) is 14.0 Å². The van der Waals surface area contributed by atoms with E-state index in [9.17, 15) is 8.42 Å². The van der Waals surface area contributed by atoms with Crippen LogP contribution in [0.4, 0.5) is 5.13 Å². The van der Waals surface area contributed by atoms with Crippen LogP contribution in [0.15, 0.2) is 0 Å². The molecule has 0 unspecified atom stereocenters. The molecule has 0 saturated carbocycles. The summed E-state index contributed by atoms with van der Waals surface area (Å²) in [4.78, 5) is 6.56. The van der Waals surface area contributed by atoms with Gasteiger partial charge in [0, 0.05) is 37.7 Å². The molecule has 108 valence electrons. The number of aryl methyl sites for hydroxylation is 1. The fraction of sp³-hybridized carbons (Fsp3) is 0.818. The molecule has 0 aliphatic carbocycles. The van der Waals surface area contributed by atoms with Gasteiger partial charge in [-0.25, -0.2) is 17.7 Å². The second-order valence-electron chi connectivity index (χ2n) is 4.76. The van der Waals surface area contributed by atoms with Gasteiger partial charge < -0.3 is 4.90 Å². The number of nitrogens with zero attached hydrogens (tertiary/aromatic N) is 4. The van der Waals surface area contributed by atoms with Crippen LogP contribution in [0.5, 0.6) is 0 Å². The van der Waals surface area contributed by atoms with Crippen LogP contribution in [-0.2, 0) is 10.0 Å². The molecule has 1 aliphatic rings. The summed E-state index contributed by atoms with van der Waals surface area (Å²) in [6, 6.07) is 0.107. The van der Waals surface area contributed by atoms with Gasteiger partial charge in [0.05, 0.1) is 5.75 Å². The Hall–Kier alpha value is -0.730. The summed E-state index contributed by atoms with van der Waals surface area (Å²) in [7, 11) is -1.40. The Labute approximate surface area is 118 Å². The lowest BCUT2D eigenvalue weighted by Crippen LogP contribution is -2.46. The van der Waals surface area contributed by atoms with Gasteiger partial charge in [-0.2, -0.15) is 4.37 Å². The maximum atomic E-state index is 11.8. The van der Waals surface area contributed by atoms with Crippen molar-refractivity contribution in [2.45, 2.75) is 32.7 Å². The zero-order valence-electron chi connectivity index (χ0n) is 11.5. The molecular weight excluding hydrogens is 284 g/mol. The topological polar surface area (TPSA) is 66.4 Å². The van der Waals surface area contributed by atoms with Crippen molar-refractivity contribution in [2.75, 3.05) is 30.8 Å². The summed E-state index contributed by atoms with van der Waals surface area (Å²) in [5.74, 6) is 0.965. The van der Waals surface area contributed by atoms with Crippen LogP contribution in [-0.4, -0.2) is 54.0 Å². The largest absolute Gasteiger partial charge is 0.347 e. The van der Waals surface area contributed by atoms with E-state index in [1.807, 2.05) is 6.92 Å². The minimum atomic E-state index is -3.09. The third kappa shape index (κ3) is 3.24. The van der Waals surface area contributed by atoms with Gasteiger partial charge >= 0.3 is 0 Å². The lowest BCUT2D eigenvalue weighted by molar-refractivity contribution is 0.312. The first-order chi connectivity index (χ1) is 8.94. The molecule has 1 aromatic heterocycles. The van der Waals surface area contributed by atoms with Crippen LogP contribution in [0.3, 0.4) is 0 Å². The van der Waals surface area contributed by atoms with Crippen LogP contribution in [0.2, 0.25) is 0 Å². The maximum absolute atomic E-state index is 11.8. The van der Waals surface area contributed by atoms with Crippen LogP contribution < -0.4 is 4.90 Å². The van der Waals surface area contributed by atoms with Gasteiger partial charge in [-0.05, 0) is 26.7 Å². The zero-order chi connectivity index (χ0) is 14.0. The van der Waals surface area contributed by atoms with Gasteiger partial charge in [0.2, 0.25) is 15.2 Å². The van der Waals surface area contributed by atoms with Crippen LogP contribution >= 0.6 is 11.5 Å². The van der Waals surface area contributed by atoms with Crippen molar-refractivity contribution < 1.29 is 8.42 Å². The zero-order valence-corrected chi connectivity index (χ0v) is 13.2. The van der Waals surface area contributed by atoms with E-state index >= 15 is 0 Å². The van der Waals surface area contributed by atoms with Crippen molar-refractivity contribution in [3.05, 3.63) is 5.82 Å². The molecule has 1 fully saturated rings. The van der Waals surface area contributed by atoms with E-state index in [2.05, 4.69) is 14.3 Å². The summed E-state index contributed by atoms with van der Waals surface area (Å²) >= 11 is 1.41. The highest BCUT2D eigenvalue weighted by atomic mass is 32.2. The van der Waals surface area contributed by atoms with Crippen molar-refractivity contribution in [1.29, 1.82) is 0 Å². The first-order valence-corrected chi connectivity index (χ1v) is 8.83. The van der Waals surface area contributed by atoms with Gasteiger partial charge in [-0.3, -0.25) is 0 Å². The number of hydrogen-bond donors (Lipinski definition) is 0. The van der Waals surface area contributed by atoms with E-state index in [4.69, 9.17) is 0 Å². The first kappa shape index (κ1) is 14.7. The van der Waals surface area contributed by atoms with Crippen LogP contribution in [0.25, 0.3) is 0 Å². The SMILES string of the molecule is CCS(=O)(=O)N(C)C1CCN(c2nc(C)ns2)CC1. The van der Waals surface area contributed by atoms with Crippen molar-refractivity contribution in [3.63, 3.8) is 0 Å². The Morgan fingerprint density at radius 2 is 2.05 bits per heavy atom. The molecule has 1 saturated heterocycles. The molecule has 1 aromatic rings. The van der Waals surface area contributed by atoms with E-state index in [-0.39, 0.29) is 11.8 Å². The number of anilines is 1. The summed E-state index contributed by atoms with van der Waals surface area (Å²) in [5, 5.41) is 0.942. The average molecular weight is 304 g/mol. The molecule has 6 nitrogen and oxygen atoms in total. The smallest absolute Gasteiger partial charge is 0.213 e. The summed E-state index contributed by atoms with van der Waals surface area (Å²) < 4.78 is 29.4. The van der Waals surface area contributed by atoms with Crippen molar-refractivity contribution >= 4 is 26.7 Å². The lowest BCUT2D eigenvalue weighted by atomic mass is 10.1. The molecule has 0 radical (unpaired) electrons. The fourth-order valence-electron chi connectivity index (χ4n) is 2.27. The van der Waals surface area contributed by atoms with Gasteiger partial charge in [-0.1, -0.05) is 0 Å². The maximum Gasteiger partial charge on any atom is 0.213 e. The van der Waals surface area contributed by atoms with Gasteiger partial charge in [0.1, 0.15) is 5.82 Å². The Bertz CT molecular complexity index is 521. The monoisotopic (exact) mass is 304 g/mol. The van der Waals surface area contributed by atoms with E-state index < -0.39 is 10.0 Å². The third-order valence-corrected chi connectivity index (χ3v) is 6.34. The minimum absolute atomic E-state index is 0.107. The molecule has 0 bridgehead atoms. The molecule has 0 N–H and O–H groups in total. The molecule has 1 aliphatic heterocycles. The molecule has 0 atom stereocenters. The van der Waals surface area contributed by atoms with Crippen molar-refractivity contribution in [1.82, 2.24) is 13.7 Å². The van der Waals surface area contributed by atoms with Crippen molar-refractivity contribution in [2.24, 2.45) is 0 Å². The van der Waals surface area contributed by atoms with E-state index in [0.29, 0.717) is 0 Å². The first-order valence-electron chi connectivity index (χ1n) is 6.45. The Morgan fingerprint density at radius 3 is 2.53 bits per heavy atom. The third-order valence-electron chi connectivity index (χ3n) is 3.57. The predicted molar refractivity (Wildman–Crippen MR) is 77.1 cm³/mol. The molecular formula is C11H20N4O2S2. The Kier molecular flexibility index (Phi) is 4.42. The van der Waals surface area contributed by atoms with Crippen LogP contribution in [0.1, 0.15) is 25.6 Å². The van der Waals surface area contributed by atoms with Crippen molar-refractivity contribution in [3.8, 4) is 0 Å². The number of sulfonamides is 1. The van der Waals surface area contributed by atoms with E-state index in [0.717, 1.165) is 36.9 Å². The number of aromatic nitrogens is 2. The van der Waals surface area contributed by atoms with Gasteiger partial charge in [0.25, 0.3) is 0 Å². The Balaban J connectivity index is 1.96. The molecule has 19 heavy (non-hydrogen) atoms. The number of rotatable bonds is 4. The fourth-order valence-corrected chi connectivity index (χ4v) is 4.06. The standard InChI is InChI=1S/C11H20N4O2S2/c1-4-19(16,17)14(3)10-5-7-15(8-6-10)11-12-9(2)13-18-11/h10H,4-8H2,1-3H3. The highest BCUT2D eigenvalue weighted by molar-refractivity contribution is 7.89. The molecule has 2 heterocycles. The second-order valence-corrected chi connectivity index (χ2v) is 7.81. The Morgan fingerprint density at radius 1 is 1.42 bits per heavy atom. The molecule has 8 heteroatoms. The van der Waals surface area contributed by atoms with Crippen LogP contribution in [0, 0.1) is 6.92 Å². The molecule has 0 aromatic carbocycles. The number of hydrogen-bond acceptors (Lipinski definition) is 6. The normalized spacial score (nSPS) is 18.2. The summed E-state index contributed by atoms with van der Waals surface area (Å²) in [6.45, 7) is 5.24. The summed E-state index contributed by atoms with van der Waals surface area (Å²) in [5.41, 5.74) is 0. The minimum Gasteiger partial charge on any atom is -0.347 e. The van der Waals surface area contributed by atoms with E-state index in [1.165, 1.54) is 15.8 Å².